The molecule has 0 saturated carbocycles. The molecular weight excluding hydrogens is 413 g/mol. The van der Waals surface area contributed by atoms with Crippen molar-refractivity contribution < 1.29 is 9.18 Å². The van der Waals surface area contributed by atoms with E-state index in [4.69, 9.17) is 0 Å². The summed E-state index contributed by atoms with van der Waals surface area (Å²) in [5.41, 5.74) is 2.04. The number of amides is 1. The van der Waals surface area contributed by atoms with Crippen LogP contribution < -0.4 is 10.9 Å². The molecule has 5 nitrogen and oxygen atoms in total. The molecule has 0 radical (unpaired) electrons. The van der Waals surface area contributed by atoms with Gasteiger partial charge in [-0.2, -0.15) is 5.10 Å². The lowest BCUT2D eigenvalue weighted by Gasteiger charge is -2.08. The van der Waals surface area contributed by atoms with Crippen molar-refractivity contribution in [2.24, 2.45) is 0 Å². The largest absolute Gasteiger partial charge is 0.354 e. The van der Waals surface area contributed by atoms with Gasteiger partial charge >= 0.3 is 0 Å². The highest BCUT2D eigenvalue weighted by molar-refractivity contribution is 9.10. The minimum absolute atomic E-state index is 0.160. The first-order chi connectivity index (χ1) is 13.0. The van der Waals surface area contributed by atoms with E-state index in [1.807, 2.05) is 24.3 Å². The predicted octanol–water partition coefficient (Wildman–Crippen LogP) is 3.17. The second kappa shape index (κ2) is 8.73. The number of hydrogen-bond acceptors (Lipinski definition) is 3. The van der Waals surface area contributed by atoms with E-state index < -0.39 is 0 Å². The Bertz CT molecular complexity index is 985. The first-order valence-electron chi connectivity index (χ1n) is 8.36. The van der Waals surface area contributed by atoms with Crippen LogP contribution in [0.25, 0.3) is 11.3 Å². The Morgan fingerprint density at radius 2 is 1.74 bits per heavy atom. The van der Waals surface area contributed by atoms with Gasteiger partial charge in [-0.3, -0.25) is 9.59 Å². The van der Waals surface area contributed by atoms with Gasteiger partial charge in [-0.05, 0) is 42.3 Å². The third-order valence-corrected chi connectivity index (χ3v) is 4.48. The topological polar surface area (TPSA) is 64.0 Å². The molecule has 0 saturated heterocycles. The molecule has 0 bridgehead atoms. The maximum atomic E-state index is 12.9. The standard InChI is InChI=1S/C20H17BrFN3O2/c21-16-5-3-15(4-6-16)18-9-10-20(27)25(24-18)13-19(26)23-12-11-14-1-7-17(22)8-2-14/h1-10H,11-13H2,(H,23,26). The van der Waals surface area contributed by atoms with Crippen LogP contribution in [0, 0.1) is 5.82 Å². The van der Waals surface area contributed by atoms with Crippen molar-refractivity contribution in [2.75, 3.05) is 6.54 Å². The molecule has 0 unspecified atom stereocenters. The van der Waals surface area contributed by atoms with Crippen LogP contribution in [0.1, 0.15) is 5.56 Å². The Morgan fingerprint density at radius 1 is 1.04 bits per heavy atom. The SMILES string of the molecule is O=C(Cn1nc(-c2ccc(Br)cc2)ccc1=O)NCCc1ccc(F)cc1. The molecule has 3 rings (SSSR count). The monoisotopic (exact) mass is 429 g/mol. The van der Waals surface area contributed by atoms with Crippen LogP contribution in [0.5, 0.6) is 0 Å². The molecule has 1 aromatic heterocycles. The van der Waals surface area contributed by atoms with Gasteiger partial charge in [-0.25, -0.2) is 9.07 Å². The second-order valence-corrected chi connectivity index (χ2v) is 6.86. The number of carbonyl (C=O) groups is 1. The highest BCUT2D eigenvalue weighted by Gasteiger charge is 2.08. The zero-order valence-corrected chi connectivity index (χ0v) is 15.9. The van der Waals surface area contributed by atoms with Gasteiger partial charge in [0.25, 0.3) is 5.56 Å². The van der Waals surface area contributed by atoms with Crippen LogP contribution in [0.2, 0.25) is 0 Å². The van der Waals surface area contributed by atoms with E-state index in [0.717, 1.165) is 20.3 Å². The highest BCUT2D eigenvalue weighted by Crippen LogP contribution is 2.18. The number of halogens is 2. The molecule has 1 heterocycles. The zero-order chi connectivity index (χ0) is 19.2. The molecular formula is C20H17BrFN3O2. The smallest absolute Gasteiger partial charge is 0.267 e. The molecule has 1 N–H and O–H groups in total. The summed E-state index contributed by atoms with van der Waals surface area (Å²) >= 11 is 3.37. The summed E-state index contributed by atoms with van der Waals surface area (Å²) in [5, 5.41) is 7.02. The van der Waals surface area contributed by atoms with E-state index in [1.54, 1.807) is 18.2 Å². The fraction of sp³-hybridized carbons (Fsp3) is 0.150. The van der Waals surface area contributed by atoms with Crippen molar-refractivity contribution in [1.82, 2.24) is 15.1 Å². The lowest BCUT2D eigenvalue weighted by atomic mass is 10.1. The quantitative estimate of drug-likeness (QED) is 0.654. The molecule has 0 spiro atoms. The molecule has 2 aromatic carbocycles. The van der Waals surface area contributed by atoms with E-state index in [2.05, 4.69) is 26.3 Å². The number of benzene rings is 2. The Kier molecular flexibility index (Phi) is 6.13. The van der Waals surface area contributed by atoms with Crippen LogP contribution in [-0.4, -0.2) is 22.2 Å². The van der Waals surface area contributed by atoms with Crippen molar-refractivity contribution in [1.29, 1.82) is 0 Å². The summed E-state index contributed by atoms with van der Waals surface area (Å²) in [7, 11) is 0. The molecule has 1 amide bonds. The fourth-order valence-electron chi connectivity index (χ4n) is 2.53. The first kappa shape index (κ1) is 19.0. The fourth-order valence-corrected chi connectivity index (χ4v) is 2.79. The van der Waals surface area contributed by atoms with Gasteiger partial charge in [0, 0.05) is 22.6 Å². The normalized spacial score (nSPS) is 10.6. The third-order valence-electron chi connectivity index (χ3n) is 3.95. The number of hydrogen-bond donors (Lipinski definition) is 1. The summed E-state index contributed by atoms with van der Waals surface area (Å²) in [6.07, 6.45) is 0.577. The van der Waals surface area contributed by atoms with Crippen molar-refractivity contribution >= 4 is 21.8 Å². The van der Waals surface area contributed by atoms with Crippen molar-refractivity contribution in [3.63, 3.8) is 0 Å². The van der Waals surface area contributed by atoms with E-state index in [9.17, 15) is 14.0 Å². The summed E-state index contributed by atoms with van der Waals surface area (Å²) < 4.78 is 15.0. The average Bonchev–Trinajstić information content (AvgIpc) is 2.66. The van der Waals surface area contributed by atoms with E-state index >= 15 is 0 Å². The van der Waals surface area contributed by atoms with Crippen LogP contribution in [0.4, 0.5) is 4.39 Å². The number of nitrogens with one attached hydrogen (secondary N) is 1. The van der Waals surface area contributed by atoms with Gasteiger partial charge < -0.3 is 5.32 Å². The molecule has 0 aliphatic heterocycles. The number of nitrogens with zero attached hydrogens (tertiary/aromatic N) is 2. The van der Waals surface area contributed by atoms with Crippen LogP contribution >= 0.6 is 15.9 Å². The minimum Gasteiger partial charge on any atom is -0.354 e. The Balaban J connectivity index is 1.61. The molecule has 0 fully saturated rings. The van der Waals surface area contributed by atoms with Gasteiger partial charge in [0.05, 0.1) is 5.69 Å². The molecule has 7 heteroatoms. The highest BCUT2D eigenvalue weighted by atomic mass is 79.9. The van der Waals surface area contributed by atoms with Crippen molar-refractivity contribution in [2.45, 2.75) is 13.0 Å². The maximum absolute atomic E-state index is 12.9. The van der Waals surface area contributed by atoms with E-state index in [-0.39, 0.29) is 23.8 Å². The molecule has 0 atom stereocenters. The van der Waals surface area contributed by atoms with Gasteiger partial charge in [-0.1, -0.05) is 40.2 Å². The molecule has 0 aliphatic carbocycles. The van der Waals surface area contributed by atoms with Gasteiger partial charge in [-0.15, -0.1) is 0 Å². The van der Waals surface area contributed by atoms with Gasteiger partial charge in [0.1, 0.15) is 12.4 Å². The molecule has 0 aliphatic rings. The molecule has 138 valence electrons. The van der Waals surface area contributed by atoms with Gasteiger partial charge in [0.2, 0.25) is 5.91 Å². The lowest BCUT2D eigenvalue weighted by molar-refractivity contribution is -0.121. The third kappa shape index (κ3) is 5.34. The summed E-state index contributed by atoms with van der Waals surface area (Å²) in [5.74, 6) is -0.599. The van der Waals surface area contributed by atoms with Crippen LogP contribution in [0.15, 0.2) is 69.9 Å². The summed E-state index contributed by atoms with van der Waals surface area (Å²) in [6, 6.07) is 16.7. The van der Waals surface area contributed by atoms with Crippen LogP contribution in [0.3, 0.4) is 0 Å². The molecule has 3 aromatic rings. The Hall–Kier alpha value is -2.80. The van der Waals surface area contributed by atoms with Crippen molar-refractivity contribution in [3.05, 3.63) is 86.9 Å². The predicted molar refractivity (Wildman–Crippen MR) is 105 cm³/mol. The zero-order valence-electron chi connectivity index (χ0n) is 14.4. The van der Waals surface area contributed by atoms with Crippen molar-refractivity contribution in [3.8, 4) is 11.3 Å². The number of carbonyl (C=O) groups excluding carboxylic acids is 1. The summed E-state index contributed by atoms with van der Waals surface area (Å²) in [4.78, 5) is 24.1. The summed E-state index contributed by atoms with van der Waals surface area (Å²) in [6.45, 7) is 0.234. The molecule has 27 heavy (non-hydrogen) atoms. The number of aromatic nitrogens is 2. The lowest BCUT2D eigenvalue weighted by Crippen LogP contribution is -2.34. The Labute approximate surface area is 164 Å². The average molecular weight is 430 g/mol. The second-order valence-electron chi connectivity index (χ2n) is 5.95. The van der Waals surface area contributed by atoms with E-state index in [1.165, 1.54) is 18.2 Å². The minimum atomic E-state index is -0.343. The van der Waals surface area contributed by atoms with Crippen LogP contribution in [-0.2, 0) is 17.8 Å². The number of rotatable bonds is 6. The Morgan fingerprint density at radius 3 is 2.44 bits per heavy atom. The first-order valence-corrected chi connectivity index (χ1v) is 9.16. The van der Waals surface area contributed by atoms with E-state index in [0.29, 0.717) is 18.7 Å². The maximum Gasteiger partial charge on any atom is 0.267 e. The van der Waals surface area contributed by atoms with Gasteiger partial charge in [0.15, 0.2) is 0 Å².